The molecule has 0 radical (unpaired) electrons. The zero-order chi connectivity index (χ0) is 21.1. The molecule has 2 N–H and O–H groups in total. The second-order valence-electron chi connectivity index (χ2n) is 7.46. The van der Waals surface area contributed by atoms with Crippen molar-refractivity contribution in [2.24, 2.45) is 11.7 Å². The lowest BCUT2D eigenvalue weighted by atomic mass is 9.93. The zero-order valence-corrected chi connectivity index (χ0v) is 17.0. The highest BCUT2D eigenvalue weighted by Crippen LogP contribution is 2.34. The topological polar surface area (TPSA) is 89.9 Å². The van der Waals surface area contributed by atoms with E-state index in [1.54, 1.807) is 16.8 Å². The third kappa shape index (κ3) is 4.34. The number of tetrazole rings is 1. The molecule has 1 saturated heterocycles. The molecule has 0 spiro atoms. The van der Waals surface area contributed by atoms with Gasteiger partial charge >= 0.3 is 0 Å². The highest BCUT2D eigenvalue weighted by Gasteiger charge is 2.33. The van der Waals surface area contributed by atoms with Gasteiger partial charge in [0.05, 0.1) is 12.6 Å². The number of piperidine rings is 1. The van der Waals surface area contributed by atoms with Gasteiger partial charge in [0.25, 0.3) is 0 Å². The normalized spacial score (nSPS) is 16.5. The number of benzene rings is 2. The highest BCUT2D eigenvalue weighted by atomic mass is 35.5. The fourth-order valence-corrected chi connectivity index (χ4v) is 4.16. The van der Waals surface area contributed by atoms with Gasteiger partial charge in [-0.05, 0) is 65.7 Å². The molecule has 156 valence electrons. The summed E-state index contributed by atoms with van der Waals surface area (Å²) in [6.07, 6.45) is 1.35. The Balaban J connectivity index is 1.67. The predicted octanol–water partition coefficient (Wildman–Crippen LogP) is 2.80. The van der Waals surface area contributed by atoms with E-state index in [-0.39, 0.29) is 23.7 Å². The van der Waals surface area contributed by atoms with Gasteiger partial charge in [-0.25, -0.2) is 9.07 Å². The molecule has 2 heterocycles. The summed E-state index contributed by atoms with van der Waals surface area (Å²) in [5.74, 6) is -0.0275. The average molecular weight is 429 g/mol. The van der Waals surface area contributed by atoms with Crippen LogP contribution >= 0.6 is 11.6 Å². The van der Waals surface area contributed by atoms with E-state index in [1.807, 2.05) is 24.3 Å². The number of nitrogens with zero attached hydrogens (tertiary/aromatic N) is 5. The van der Waals surface area contributed by atoms with Gasteiger partial charge in [-0.3, -0.25) is 9.69 Å². The third-order valence-electron chi connectivity index (χ3n) is 5.55. The molecule has 0 bridgehead atoms. The van der Waals surface area contributed by atoms with Crippen LogP contribution in [-0.4, -0.2) is 44.1 Å². The first kappa shape index (κ1) is 20.4. The van der Waals surface area contributed by atoms with Gasteiger partial charge < -0.3 is 5.73 Å². The predicted molar refractivity (Wildman–Crippen MR) is 110 cm³/mol. The van der Waals surface area contributed by atoms with Crippen LogP contribution in [0.3, 0.4) is 0 Å². The number of hydrogen-bond acceptors (Lipinski definition) is 5. The Morgan fingerprint density at radius 3 is 2.53 bits per heavy atom. The zero-order valence-electron chi connectivity index (χ0n) is 16.3. The Morgan fingerprint density at radius 2 is 1.87 bits per heavy atom. The second kappa shape index (κ2) is 8.89. The molecule has 1 fully saturated rings. The number of carbonyl (C=O) groups is 1. The van der Waals surface area contributed by atoms with E-state index in [9.17, 15) is 9.18 Å². The second-order valence-corrected chi connectivity index (χ2v) is 7.87. The molecular weight excluding hydrogens is 407 g/mol. The summed E-state index contributed by atoms with van der Waals surface area (Å²) in [5, 5.41) is 13.0. The Bertz CT molecular complexity index is 1020. The van der Waals surface area contributed by atoms with E-state index in [2.05, 4.69) is 20.4 Å². The molecule has 1 aliphatic heterocycles. The van der Waals surface area contributed by atoms with Crippen molar-refractivity contribution in [1.82, 2.24) is 25.1 Å². The van der Waals surface area contributed by atoms with Crippen LogP contribution in [-0.2, 0) is 11.3 Å². The summed E-state index contributed by atoms with van der Waals surface area (Å²) < 4.78 is 15.0. The summed E-state index contributed by atoms with van der Waals surface area (Å²) in [7, 11) is 0. The highest BCUT2D eigenvalue weighted by molar-refractivity contribution is 6.31. The minimum absolute atomic E-state index is 0.122. The minimum atomic E-state index is -0.290. The summed E-state index contributed by atoms with van der Waals surface area (Å²) >= 11 is 6.54. The maximum atomic E-state index is 13.3. The van der Waals surface area contributed by atoms with Crippen LogP contribution in [0.4, 0.5) is 4.39 Å². The maximum Gasteiger partial charge on any atom is 0.220 e. The number of primary amides is 1. The van der Waals surface area contributed by atoms with Gasteiger partial charge in [0.2, 0.25) is 5.91 Å². The van der Waals surface area contributed by atoms with Gasteiger partial charge in [0, 0.05) is 10.9 Å². The first-order valence-corrected chi connectivity index (χ1v) is 10.2. The van der Waals surface area contributed by atoms with Crippen molar-refractivity contribution in [3.63, 3.8) is 0 Å². The SMILES string of the molecule is NC(=O)C1CCN([C@@H](c2ccccc2Cl)c2nnnn2Cc2ccc(F)cc2)CC1. The van der Waals surface area contributed by atoms with Crippen molar-refractivity contribution < 1.29 is 9.18 Å². The molecule has 1 aliphatic rings. The van der Waals surface area contributed by atoms with Crippen molar-refractivity contribution >= 4 is 17.5 Å². The fraction of sp³-hybridized carbons (Fsp3) is 0.333. The van der Waals surface area contributed by atoms with Crippen LogP contribution in [0.15, 0.2) is 48.5 Å². The van der Waals surface area contributed by atoms with E-state index in [0.717, 1.165) is 11.1 Å². The summed E-state index contributed by atoms with van der Waals surface area (Å²) in [5.41, 5.74) is 7.28. The van der Waals surface area contributed by atoms with Crippen molar-refractivity contribution in [2.45, 2.75) is 25.4 Å². The van der Waals surface area contributed by atoms with Crippen LogP contribution in [0.1, 0.15) is 35.8 Å². The number of amides is 1. The summed E-state index contributed by atoms with van der Waals surface area (Å²) in [4.78, 5) is 13.8. The molecule has 0 unspecified atom stereocenters. The number of halogens is 2. The van der Waals surface area contributed by atoms with Crippen molar-refractivity contribution in [1.29, 1.82) is 0 Å². The number of likely N-dealkylation sites (tertiary alicyclic amines) is 1. The van der Waals surface area contributed by atoms with Crippen molar-refractivity contribution in [2.75, 3.05) is 13.1 Å². The van der Waals surface area contributed by atoms with Crippen LogP contribution < -0.4 is 5.73 Å². The molecule has 0 saturated carbocycles. The van der Waals surface area contributed by atoms with Crippen molar-refractivity contribution in [3.8, 4) is 0 Å². The lowest BCUT2D eigenvalue weighted by Gasteiger charge is -2.36. The Morgan fingerprint density at radius 1 is 1.17 bits per heavy atom. The lowest BCUT2D eigenvalue weighted by molar-refractivity contribution is -0.123. The number of rotatable bonds is 6. The monoisotopic (exact) mass is 428 g/mol. The standard InChI is InChI=1S/C21H22ClFN6O/c22-18-4-2-1-3-17(18)19(28-11-9-15(10-12-28)20(24)30)21-25-26-27-29(21)13-14-5-7-16(23)8-6-14/h1-8,15,19H,9-13H2,(H2,24,30)/t19-/m0/s1. The van der Waals surface area contributed by atoms with Crippen LogP contribution in [0, 0.1) is 11.7 Å². The molecule has 1 amide bonds. The number of aromatic nitrogens is 4. The van der Waals surface area contributed by atoms with Gasteiger partial charge in [0.1, 0.15) is 5.82 Å². The van der Waals surface area contributed by atoms with Crippen LogP contribution in [0.25, 0.3) is 0 Å². The summed E-state index contributed by atoms with van der Waals surface area (Å²) in [6, 6.07) is 13.6. The number of carbonyl (C=O) groups excluding carboxylic acids is 1. The molecule has 3 aromatic rings. The Kier molecular flexibility index (Phi) is 6.06. The molecule has 7 nitrogen and oxygen atoms in total. The Hall–Kier alpha value is -2.84. The largest absolute Gasteiger partial charge is 0.369 e. The molecule has 4 rings (SSSR count). The van der Waals surface area contributed by atoms with Gasteiger partial charge in [-0.2, -0.15) is 0 Å². The van der Waals surface area contributed by atoms with E-state index < -0.39 is 0 Å². The van der Waals surface area contributed by atoms with Crippen molar-refractivity contribution in [3.05, 3.63) is 76.3 Å². The van der Waals surface area contributed by atoms with Crippen LogP contribution in [0.5, 0.6) is 0 Å². The number of hydrogen-bond donors (Lipinski definition) is 1. The third-order valence-corrected chi connectivity index (χ3v) is 5.89. The van der Waals surface area contributed by atoms with E-state index in [1.165, 1.54) is 12.1 Å². The minimum Gasteiger partial charge on any atom is -0.369 e. The van der Waals surface area contributed by atoms with Gasteiger partial charge in [0.15, 0.2) is 5.82 Å². The molecule has 1 aromatic heterocycles. The summed E-state index contributed by atoms with van der Waals surface area (Å²) in [6.45, 7) is 1.75. The molecule has 30 heavy (non-hydrogen) atoms. The fourth-order valence-electron chi connectivity index (χ4n) is 3.92. The maximum absolute atomic E-state index is 13.3. The van der Waals surface area contributed by atoms with Gasteiger partial charge in [-0.15, -0.1) is 5.10 Å². The lowest BCUT2D eigenvalue weighted by Crippen LogP contribution is -2.41. The quantitative estimate of drug-likeness (QED) is 0.652. The molecule has 2 aromatic carbocycles. The van der Waals surface area contributed by atoms with Crippen LogP contribution in [0.2, 0.25) is 5.02 Å². The smallest absolute Gasteiger partial charge is 0.220 e. The van der Waals surface area contributed by atoms with Gasteiger partial charge in [-0.1, -0.05) is 41.9 Å². The van der Waals surface area contributed by atoms with E-state index in [0.29, 0.717) is 43.3 Å². The number of nitrogens with two attached hydrogens (primary N) is 1. The first-order chi connectivity index (χ1) is 14.5. The molecule has 0 aliphatic carbocycles. The van der Waals surface area contributed by atoms with E-state index in [4.69, 9.17) is 17.3 Å². The Labute approximate surface area is 178 Å². The molecular formula is C21H22ClFN6O. The first-order valence-electron chi connectivity index (χ1n) is 9.81. The van der Waals surface area contributed by atoms with E-state index >= 15 is 0 Å². The molecule has 1 atom stereocenters. The average Bonchev–Trinajstić information content (AvgIpc) is 3.19. The molecule has 9 heteroatoms.